The van der Waals surface area contributed by atoms with Gasteiger partial charge in [-0.3, -0.25) is 4.79 Å². The molecule has 1 aromatic carbocycles. The summed E-state index contributed by atoms with van der Waals surface area (Å²) in [7, 11) is 0. The van der Waals surface area contributed by atoms with E-state index in [9.17, 15) is 4.79 Å². The third-order valence-corrected chi connectivity index (χ3v) is 3.77. The second kappa shape index (κ2) is 3.62. The molecule has 3 rings (SSSR count). The fraction of sp³-hybridized carbons (Fsp3) is 0.417. The number of anilines is 2. The summed E-state index contributed by atoms with van der Waals surface area (Å²) in [6, 6.07) is 5.44. The van der Waals surface area contributed by atoms with E-state index in [2.05, 4.69) is 10.6 Å². The van der Waals surface area contributed by atoms with Crippen molar-refractivity contribution in [3.8, 4) is 0 Å². The zero-order valence-corrected chi connectivity index (χ0v) is 10.2. The van der Waals surface area contributed by atoms with Crippen molar-refractivity contribution in [2.45, 2.75) is 13.0 Å². The quantitative estimate of drug-likeness (QED) is 0.744. The lowest BCUT2D eigenvalue weighted by Crippen LogP contribution is -2.44. The van der Waals surface area contributed by atoms with Crippen LogP contribution in [0.3, 0.4) is 0 Å². The Morgan fingerprint density at radius 2 is 2.29 bits per heavy atom. The molecule has 1 fully saturated rings. The molecule has 2 aliphatic rings. The van der Waals surface area contributed by atoms with Crippen LogP contribution in [-0.2, 0) is 9.53 Å². The molecule has 2 unspecified atom stereocenters. The second-order valence-corrected chi connectivity index (χ2v) is 5.21. The summed E-state index contributed by atoms with van der Waals surface area (Å²) in [5.41, 5.74) is 1.10. The van der Waals surface area contributed by atoms with Gasteiger partial charge in [-0.1, -0.05) is 11.6 Å². The molecule has 0 saturated carbocycles. The Hall–Kier alpha value is -1.26. The average Bonchev–Trinajstić information content (AvgIpc) is 2.61. The van der Waals surface area contributed by atoms with E-state index in [0.29, 0.717) is 18.2 Å². The van der Waals surface area contributed by atoms with Crippen LogP contribution >= 0.6 is 11.6 Å². The minimum Gasteiger partial charge on any atom is -0.378 e. The molecule has 0 aliphatic carbocycles. The number of nitrogens with one attached hydrogen (secondary N) is 2. The Morgan fingerprint density at radius 3 is 3.12 bits per heavy atom. The van der Waals surface area contributed by atoms with Gasteiger partial charge in [0.25, 0.3) is 0 Å². The molecule has 1 amide bonds. The first-order chi connectivity index (χ1) is 8.09. The lowest BCUT2D eigenvalue weighted by Gasteiger charge is -2.25. The zero-order valence-electron chi connectivity index (χ0n) is 9.42. The van der Waals surface area contributed by atoms with Crippen molar-refractivity contribution in [3.63, 3.8) is 0 Å². The fourth-order valence-corrected chi connectivity index (χ4v) is 2.47. The maximum atomic E-state index is 12.2. The number of benzene rings is 1. The van der Waals surface area contributed by atoms with Crippen LogP contribution in [-0.4, -0.2) is 25.2 Å². The van der Waals surface area contributed by atoms with Gasteiger partial charge in [0.05, 0.1) is 36.0 Å². The van der Waals surface area contributed by atoms with Crippen molar-refractivity contribution >= 4 is 28.9 Å². The van der Waals surface area contributed by atoms with Gasteiger partial charge in [0, 0.05) is 5.02 Å². The lowest BCUT2D eigenvalue weighted by molar-refractivity contribution is -0.124. The summed E-state index contributed by atoms with van der Waals surface area (Å²) in [5, 5.41) is 6.87. The monoisotopic (exact) mass is 252 g/mol. The second-order valence-electron chi connectivity index (χ2n) is 4.77. The zero-order chi connectivity index (χ0) is 12.0. The molecule has 0 spiro atoms. The van der Waals surface area contributed by atoms with Gasteiger partial charge < -0.3 is 15.4 Å². The van der Waals surface area contributed by atoms with E-state index in [1.807, 2.05) is 13.0 Å². The lowest BCUT2D eigenvalue weighted by atomic mass is 9.84. The van der Waals surface area contributed by atoms with Crippen LogP contribution in [0.5, 0.6) is 0 Å². The summed E-state index contributed by atoms with van der Waals surface area (Å²) in [6.45, 7) is 2.91. The first-order valence-electron chi connectivity index (χ1n) is 5.55. The van der Waals surface area contributed by atoms with E-state index in [0.717, 1.165) is 11.4 Å². The predicted molar refractivity (Wildman–Crippen MR) is 66.4 cm³/mol. The highest BCUT2D eigenvalue weighted by Gasteiger charge is 2.48. The molecule has 90 valence electrons. The van der Waals surface area contributed by atoms with Gasteiger partial charge in [-0.15, -0.1) is 0 Å². The highest BCUT2D eigenvalue weighted by atomic mass is 35.5. The molecule has 0 radical (unpaired) electrons. The SMILES string of the molecule is CC12COCC1Nc1ccc(Cl)cc1NC2=O. The van der Waals surface area contributed by atoms with Crippen molar-refractivity contribution in [1.82, 2.24) is 0 Å². The van der Waals surface area contributed by atoms with Crippen molar-refractivity contribution in [2.75, 3.05) is 23.8 Å². The molecule has 4 nitrogen and oxygen atoms in total. The predicted octanol–water partition coefficient (Wildman–Crippen LogP) is 2.11. The number of rotatable bonds is 0. The first kappa shape index (κ1) is 10.9. The van der Waals surface area contributed by atoms with Crippen LogP contribution in [0.2, 0.25) is 5.02 Å². The van der Waals surface area contributed by atoms with Gasteiger partial charge in [0.2, 0.25) is 5.91 Å². The van der Waals surface area contributed by atoms with Gasteiger partial charge in [0.1, 0.15) is 0 Å². The number of hydrogen-bond acceptors (Lipinski definition) is 3. The van der Waals surface area contributed by atoms with Gasteiger partial charge in [-0.25, -0.2) is 0 Å². The normalized spacial score (nSPS) is 30.9. The average molecular weight is 253 g/mol. The molecule has 0 bridgehead atoms. The highest BCUT2D eigenvalue weighted by Crippen LogP contribution is 2.38. The van der Waals surface area contributed by atoms with Crippen LogP contribution < -0.4 is 10.6 Å². The van der Waals surface area contributed by atoms with Gasteiger partial charge in [-0.05, 0) is 25.1 Å². The van der Waals surface area contributed by atoms with Crippen LogP contribution in [0.15, 0.2) is 18.2 Å². The molecule has 17 heavy (non-hydrogen) atoms. The van der Waals surface area contributed by atoms with E-state index in [4.69, 9.17) is 16.3 Å². The van der Waals surface area contributed by atoms with Gasteiger partial charge in [-0.2, -0.15) is 0 Å². The van der Waals surface area contributed by atoms with Crippen LogP contribution in [0, 0.1) is 5.41 Å². The fourth-order valence-electron chi connectivity index (χ4n) is 2.30. The summed E-state index contributed by atoms with van der Waals surface area (Å²) in [6.07, 6.45) is 0. The Kier molecular flexibility index (Phi) is 2.31. The van der Waals surface area contributed by atoms with Crippen molar-refractivity contribution in [3.05, 3.63) is 23.2 Å². The molecule has 1 aromatic rings. The molecule has 2 heterocycles. The van der Waals surface area contributed by atoms with Crippen LogP contribution in [0.4, 0.5) is 11.4 Å². The largest absolute Gasteiger partial charge is 0.378 e. The molecule has 1 saturated heterocycles. The summed E-state index contributed by atoms with van der Waals surface area (Å²) in [5.74, 6) is -0.0199. The van der Waals surface area contributed by atoms with E-state index >= 15 is 0 Å². The van der Waals surface area contributed by atoms with Crippen LogP contribution in [0.25, 0.3) is 0 Å². The number of hydrogen-bond donors (Lipinski definition) is 2. The standard InChI is InChI=1S/C12H13ClN2O2/c1-12-6-17-5-10(12)14-8-3-2-7(13)4-9(8)15-11(12)16/h2-4,10,14H,5-6H2,1H3,(H,15,16). The molecule has 2 atom stereocenters. The van der Waals surface area contributed by atoms with Crippen molar-refractivity contribution < 1.29 is 9.53 Å². The van der Waals surface area contributed by atoms with E-state index in [-0.39, 0.29) is 11.9 Å². The molecule has 0 aromatic heterocycles. The Bertz CT molecular complexity index is 491. The van der Waals surface area contributed by atoms with E-state index in [1.165, 1.54) is 0 Å². The van der Waals surface area contributed by atoms with E-state index in [1.54, 1.807) is 12.1 Å². The summed E-state index contributed by atoms with van der Waals surface area (Å²) >= 11 is 5.93. The summed E-state index contributed by atoms with van der Waals surface area (Å²) in [4.78, 5) is 12.2. The Morgan fingerprint density at radius 1 is 1.47 bits per heavy atom. The Labute approximate surface area is 104 Å². The van der Waals surface area contributed by atoms with Gasteiger partial charge in [0.15, 0.2) is 0 Å². The third-order valence-electron chi connectivity index (χ3n) is 3.53. The number of halogens is 1. The highest BCUT2D eigenvalue weighted by molar-refractivity contribution is 6.31. The number of carbonyl (C=O) groups excluding carboxylic acids is 1. The van der Waals surface area contributed by atoms with Crippen molar-refractivity contribution in [1.29, 1.82) is 0 Å². The maximum Gasteiger partial charge on any atom is 0.234 e. The number of carbonyl (C=O) groups is 1. The molecule has 2 aliphatic heterocycles. The molecule has 2 N–H and O–H groups in total. The smallest absolute Gasteiger partial charge is 0.234 e. The van der Waals surface area contributed by atoms with E-state index < -0.39 is 5.41 Å². The molecule has 5 heteroatoms. The Balaban J connectivity index is 2.06. The van der Waals surface area contributed by atoms with Crippen molar-refractivity contribution in [2.24, 2.45) is 5.41 Å². The minimum absolute atomic E-state index is 0.00456. The van der Waals surface area contributed by atoms with Crippen LogP contribution in [0.1, 0.15) is 6.92 Å². The minimum atomic E-state index is -0.522. The topological polar surface area (TPSA) is 50.4 Å². The maximum absolute atomic E-state index is 12.2. The van der Waals surface area contributed by atoms with Gasteiger partial charge >= 0.3 is 0 Å². The third kappa shape index (κ3) is 1.59. The molecular formula is C12H13ClN2O2. The number of fused-ring (bicyclic) bond motifs is 2. The summed E-state index contributed by atoms with van der Waals surface area (Å²) < 4.78 is 5.41. The first-order valence-corrected chi connectivity index (χ1v) is 5.93. The number of ether oxygens (including phenoxy) is 1. The number of amides is 1. The molecular weight excluding hydrogens is 240 g/mol.